The largest absolute Gasteiger partial charge is 0.496 e. The molecule has 0 atom stereocenters. The fourth-order valence-electron chi connectivity index (χ4n) is 1.71. The molecule has 0 unspecified atom stereocenters. The van der Waals surface area contributed by atoms with Crippen molar-refractivity contribution in [3.8, 4) is 5.75 Å². The minimum Gasteiger partial charge on any atom is -0.496 e. The molecule has 1 rings (SSSR count). The van der Waals surface area contributed by atoms with Crippen molar-refractivity contribution >= 4 is 17.5 Å². The molecule has 1 aromatic rings. The van der Waals surface area contributed by atoms with Crippen molar-refractivity contribution in [1.29, 1.82) is 0 Å². The maximum Gasteiger partial charge on any atom is 0.224 e. The molecular formula is C14H21ClN2O2. The van der Waals surface area contributed by atoms with Gasteiger partial charge in [-0.25, -0.2) is 0 Å². The van der Waals surface area contributed by atoms with Crippen molar-refractivity contribution in [2.45, 2.75) is 19.8 Å². The normalized spacial score (nSPS) is 10.3. The highest BCUT2D eigenvalue weighted by atomic mass is 35.5. The number of nitrogens with one attached hydrogen (secondary N) is 2. The lowest BCUT2D eigenvalue weighted by Crippen LogP contribution is -2.33. The Hall–Kier alpha value is -1.26. The van der Waals surface area contributed by atoms with Gasteiger partial charge in [-0.1, -0.05) is 18.5 Å². The fraction of sp³-hybridized carbons (Fsp3) is 0.500. The van der Waals surface area contributed by atoms with E-state index >= 15 is 0 Å². The smallest absolute Gasteiger partial charge is 0.224 e. The Bertz CT molecular complexity index is 410. The number of amides is 1. The van der Waals surface area contributed by atoms with Crippen LogP contribution in [-0.2, 0) is 11.2 Å². The topological polar surface area (TPSA) is 50.4 Å². The summed E-state index contributed by atoms with van der Waals surface area (Å²) in [7, 11) is 1.58. The highest BCUT2D eigenvalue weighted by molar-refractivity contribution is 6.30. The van der Waals surface area contributed by atoms with Crippen molar-refractivity contribution in [3.63, 3.8) is 0 Å². The van der Waals surface area contributed by atoms with E-state index < -0.39 is 0 Å². The van der Waals surface area contributed by atoms with Gasteiger partial charge in [0.1, 0.15) is 5.75 Å². The van der Waals surface area contributed by atoms with Crippen LogP contribution in [0, 0.1) is 0 Å². The zero-order chi connectivity index (χ0) is 14.1. The van der Waals surface area contributed by atoms with E-state index in [1.807, 2.05) is 0 Å². The van der Waals surface area contributed by atoms with Crippen molar-refractivity contribution in [2.75, 3.05) is 26.7 Å². The molecule has 0 aliphatic rings. The summed E-state index contributed by atoms with van der Waals surface area (Å²) in [5, 5.41) is 6.69. The number of methoxy groups -OCH3 is 1. The first kappa shape index (κ1) is 15.8. The molecule has 0 bridgehead atoms. The zero-order valence-electron chi connectivity index (χ0n) is 11.5. The van der Waals surface area contributed by atoms with Gasteiger partial charge in [0.15, 0.2) is 0 Å². The van der Waals surface area contributed by atoms with E-state index in [1.54, 1.807) is 25.3 Å². The van der Waals surface area contributed by atoms with Gasteiger partial charge in [-0.3, -0.25) is 4.79 Å². The van der Waals surface area contributed by atoms with Crippen LogP contribution < -0.4 is 15.4 Å². The Morgan fingerprint density at radius 2 is 2.11 bits per heavy atom. The number of carbonyl (C=O) groups is 1. The van der Waals surface area contributed by atoms with Gasteiger partial charge >= 0.3 is 0 Å². The summed E-state index contributed by atoms with van der Waals surface area (Å²) >= 11 is 5.92. The first-order valence-corrected chi connectivity index (χ1v) is 6.85. The standard InChI is InChI=1S/C14H21ClN2O2/c1-3-6-16-7-8-17-14(18)10-11-9-12(15)4-5-13(11)19-2/h4-5,9,16H,3,6-8,10H2,1-2H3,(H,17,18). The lowest BCUT2D eigenvalue weighted by atomic mass is 10.1. The Morgan fingerprint density at radius 1 is 1.32 bits per heavy atom. The van der Waals surface area contributed by atoms with Crippen LogP contribution in [0.1, 0.15) is 18.9 Å². The van der Waals surface area contributed by atoms with Gasteiger partial charge in [0.05, 0.1) is 13.5 Å². The number of hydrogen-bond acceptors (Lipinski definition) is 3. The van der Waals surface area contributed by atoms with Gasteiger partial charge < -0.3 is 15.4 Å². The van der Waals surface area contributed by atoms with Crippen LogP contribution in [0.3, 0.4) is 0 Å². The van der Waals surface area contributed by atoms with Crippen LogP contribution >= 0.6 is 11.6 Å². The second kappa shape index (κ2) is 8.77. The number of carbonyl (C=O) groups excluding carboxylic acids is 1. The van der Waals surface area contributed by atoms with Crippen LogP contribution in [0.25, 0.3) is 0 Å². The molecule has 2 N–H and O–H groups in total. The molecule has 19 heavy (non-hydrogen) atoms. The molecule has 1 aromatic carbocycles. The first-order chi connectivity index (χ1) is 9.17. The second-order valence-electron chi connectivity index (χ2n) is 4.23. The van der Waals surface area contributed by atoms with E-state index in [9.17, 15) is 4.79 Å². The summed E-state index contributed by atoms with van der Waals surface area (Å²) in [5.74, 6) is 0.655. The monoisotopic (exact) mass is 284 g/mol. The fourth-order valence-corrected chi connectivity index (χ4v) is 1.91. The Morgan fingerprint density at radius 3 is 2.79 bits per heavy atom. The molecule has 0 saturated heterocycles. The van der Waals surface area contributed by atoms with Crippen molar-refractivity contribution < 1.29 is 9.53 Å². The Kier molecular flexibility index (Phi) is 7.30. The molecule has 106 valence electrons. The van der Waals surface area contributed by atoms with Gasteiger partial charge in [0.25, 0.3) is 0 Å². The molecule has 0 spiro atoms. The summed E-state index contributed by atoms with van der Waals surface area (Å²) in [4.78, 5) is 11.8. The molecule has 0 aliphatic heterocycles. The Balaban J connectivity index is 2.41. The third-order valence-electron chi connectivity index (χ3n) is 2.64. The van der Waals surface area contributed by atoms with Gasteiger partial charge in [-0.15, -0.1) is 0 Å². The molecule has 5 heteroatoms. The van der Waals surface area contributed by atoms with Gasteiger partial charge in [-0.05, 0) is 31.2 Å². The van der Waals surface area contributed by atoms with E-state index in [0.717, 1.165) is 25.1 Å². The predicted octanol–water partition coefficient (Wildman–Crippen LogP) is 2.01. The number of ether oxygens (including phenoxy) is 1. The summed E-state index contributed by atoms with van der Waals surface area (Å²) in [6, 6.07) is 5.28. The minimum atomic E-state index is -0.0288. The molecule has 0 aliphatic carbocycles. The molecule has 4 nitrogen and oxygen atoms in total. The average molecular weight is 285 g/mol. The maximum absolute atomic E-state index is 11.8. The van der Waals surface area contributed by atoms with Gasteiger partial charge in [-0.2, -0.15) is 0 Å². The summed E-state index contributed by atoms with van der Waals surface area (Å²) in [6.07, 6.45) is 1.37. The number of halogens is 1. The summed E-state index contributed by atoms with van der Waals surface area (Å²) in [6.45, 7) is 4.49. The zero-order valence-corrected chi connectivity index (χ0v) is 12.2. The van der Waals surface area contributed by atoms with Crippen molar-refractivity contribution in [3.05, 3.63) is 28.8 Å². The third kappa shape index (κ3) is 5.94. The lowest BCUT2D eigenvalue weighted by molar-refractivity contribution is -0.120. The predicted molar refractivity (Wildman–Crippen MR) is 77.9 cm³/mol. The third-order valence-corrected chi connectivity index (χ3v) is 2.88. The number of benzene rings is 1. The van der Waals surface area contributed by atoms with E-state index in [0.29, 0.717) is 17.3 Å². The SMILES string of the molecule is CCCNCCNC(=O)Cc1cc(Cl)ccc1OC. The minimum absolute atomic E-state index is 0.0288. The van der Waals surface area contributed by atoms with Crippen molar-refractivity contribution in [2.24, 2.45) is 0 Å². The van der Waals surface area contributed by atoms with E-state index in [-0.39, 0.29) is 12.3 Å². The molecule has 1 amide bonds. The molecular weight excluding hydrogens is 264 g/mol. The molecule has 0 radical (unpaired) electrons. The van der Waals surface area contributed by atoms with Crippen LogP contribution in [0.2, 0.25) is 5.02 Å². The second-order valence-corrected chi connectivity index (χ2v) is 4.67. The van der Waals surface area contributed by atoms with E-state index in [4.69, 9.17) is 16.3 Å². The quantitative estimate of drug-likeness (QED) is 0.718. The highest BCUT2D eigenvalue weighted by Crippen LogP contribution is 2.22. The van der Waals surface area contributed by atoms with Crippen molar-refractivity contribution in [1.82, 2.24) is 10.6 Å². The Labute approximate surface area is 119 Å². The van der Waals surface area contributed by atoms with Crippen LogP contribution in [0.4, 0.5) is 0 Å². The van der Waals surface area contributed by atoms with Crippen LogP contribution in [0.15, 0.2) is 18.2 Å². The number of rotatable bonds is 8. The van der Waals surface area contributed by atoms with Gasteiger partial charge in [0.2, 0.25) is 5.91 Å². The van der Waals surface area contributed by atoms with Gasteiger partial charge in [0, 0.05) is 23.7 Å². The summed E-state index contributed by atoms with van der Waals surface area (Å²) < 4.78 is 5.21. The average Bonchev–Trinajstić information content (AvgIpc) is 2.39. The van der Waals surface area contributed by atoms with Crippen LogP contribution in [0.5, 0.6) is 5.75 Å². The molecule has 0 heterocycles. The molecule has 0 fully saturated rings. The first-order valence-electron chi connectivity index (χ1n) is 6.47. The maximum atomic E-state index is 11.8. The van der Waals surface area contributed by atoms with E-state index in [2.05, 4.69) is 17.6 Å². The number of hydrogen-bond donors (Lipinski definition) is 2. The van der Waals surface area contributed by atoms with Crippen LogP contribution in [-0.4, -0.2) is 32.7 Å². The van der Waals surface area contributed by atoms with E-state index in [1.165, 1.54) is 0 Å². The highest BCUT2D eigenvalue weighted by Gasteiger charge is 2.08. The lowest BCUT2D eigenvalue weighted by Gasteiger charge is -2.10. The summed E-state index contributed by atoms with van der Waals surface area (Å²) in [5.41, 5.74) is 0.800. The molecule has 0 aromatic heterocycles. The molecule has 0 saturated carbocycles.